The number of halogens is 1. The van der Waals surface area contributed by atoms with Crippen LogP contribution >= 0.6 is 15.9 Å². The second-order valence-corrected chi connectivity index (χ2v) is 5.11. The Labute approximate surface area is 124 Å². The maximum absolute atomic E-state index is 12.1. The van der Waals surface area contributed by atoms with Gasteiger partial charge in [0, 0.05) is 20.4 Å². The molecule has 8 heteroatoms. The molecule has 0 amide bonds. The second-order valence-electron chi connectivity index (χ2n) is 4.32. The number of aryl methyl sites for hydroxylation is 2. The summed E-state index contributed by atoms with van der Waals surface area (Å²) in [4.78, 5) is 12.1. The molecule has 108 valence electrons. The monoisotopic (exact) mass is 341 g/mol. The van der Waals surface area contributed by atoms with Crippen molar-refractivity contribution in [3.8, 4) is 0 Å². The van der Waals surface area contributed by atoms with E-state index in [1.54, 1.807) is 18.0 Å². The van der Waals surface area contributed by atoms with Crippen molar-refractivity contribution in [2.75, 3.05) is 19.0 Å². The fourth-order valence-corrected chi connectivity index (χ4v) is 2.16. The number of aromatic nitrogens is 4. The van der Waals surface area contributed by atoms with E-state index in [1.807, 2.05) is 20.2 Å². The predicted octanol–water partition coefficient (Wildman–Crippen LogP) is 1.44. The van der Waals surface area contributed by atoms with E-state index < -0.39 is 0 Å². The number of hydrogen-bond acceptors (Lipinski definition) is 5. The summed E-state index contributed by atoms with van der Waals surface area (Å²) in [5.74, 6) is 0. The van der Waals surface area contributed by atoms with Crippen molar-refractivity contribution in [2.45, 2.75) is 13.5 Å². The van der Waals surface area contributed by atoms with Crippen LogP contribution in [-0.2, 0) is 18.3 Å². The molecule has 20 heavy (non-hydrogen) atoms. The zero-order valence-corrected chi connectivity index (χ0v) is 13.1. The third kappa shape index (κ3) is 3.07. The number of ether oxygens (including phenoxy) is 1. The Balaban J connectivity index is 2.28. The van der Waals surface area contributed by atoms with E-state index >= 15 is 0 Å². The first-order chi connectivity index (χ1) is 9.52. The van der Waals surface area contributed by atoms with Crippen LogP contribution in [0.15, 0.2) is 21.7 Å². The number of anilines is 2. The fourth-order valence-electron chi connectivity index (χ4n) is 1.76. The molecule has 2 rings (SSSR count). The van der Waals surface area contributed by atoms with E-state index in [9.17, 15) is 4.79 Å². The minimum Gasteiger partial charge on any atom is -0.383 e. The van der Waals surface area contributed by atoms with Crippen molar-refractivity contribution in [3.63, 3.8) is 0 Å². The Morgan fingerprint density at radius 3 is 2.80 bits per heavy atom. The van der Waals surface area contributed by atoms with Crippen LogP contribution in [0.5, 0.6) is 0 Å². The van der Waals surface area contributed by atoms with Gasteiger partial charge in [0.05, 0.1) is 36.4 Å². The van der Waals surface area contributed by atoms with E-state index in [1.165, 1.54) is 4.68 Å². The highest BCUT2D eigenvalue weighted by Crippen LogP contribution is 2.23. The van der Waals surface area contributed by atoms with Crippen molar-refractivity contribution >= 4 is 27.3 Å². The quantitative estimate of drug-likeness (QED) is 0.890. The molecule has 0 spiro atoms. The lowest BCUT2D eigenvalue weighted by molar-refractivity contribution is 0.181. The van der Waals surface area contributed by atoms with E-state index in [0.717, 1.165) is 11.4 Å². The van der Waals surface area contributed by atoms with Crippen LogP contribution in [0.1, 0.15) is 5.69 Å². The Kier molecular flexibility index (Phi) is 4.56. The van der Waals surface area contributed by atoms with E-state index in [-0.39, 0.29) is 5.56 Å². The van der Waals surface area contributed by atoms with Crippen molar-refractivity contribution < 1.29 is 4.74 Å². The van der Waals surface area contributed by atoms with E-state index in [4.69, 9.17) is 4.74 Å². The van der Waals surface area contributed by atoms with Crippen molar-refractivity contribution in [3.05, 3.63) is 32.9 Å². The van der Waals surface area contributed by atoms with Crippen molar-refractivity contribution in [2.24, 2.45) is 7.05 Å². The maximum atomic E-state index is 12.1. The second kappa shape index (κ2) is 6.19. The van der Waals surface area contributed by atoms with Gasteiger partial charge in [0.1, 0.15) is 4.47 Å². The molecule has 2 aromatic rings. The van der Waals surface area contributed by atoms with Gasteiger partial charge in [0.15, 0.2) is 0 Å². The third-order valence-corrected chi connectivity index (χ3v) is 3.54. The zero-order valence-electron chi connectivity index (χ0n) is 11.6. The Hall–Kier alpha value is -1.67. The molecule has 7 nitrogen and oxygen atoms in total. The van der Waals surface area contributed by atoms with E-state index in [2.05, 4.69) is 31.4 Å². The molecule has 0 fully saturated rings. The minimum absolute atomic E-state index is 0.200. The molecule has 0 bridgehead atoms. The zero-order chi connectivity index (χ0) is 14.7. The highest BCUT2D eigenvalue weighted by molar-refractivity contribution is 9.10. The average Bonchev–Trinajstić information content (AvgIpc) is 2.72. The summed E-state index contributed by atoms with van der Waals surface area (Å²) in [5, 5.41) is 11.5. The van der Waals surface area contributed by atoms with Gasteiger partial charge >= 0.3 is 0 Å². The lowest BCUT2D eigenvalue weighted by atomic mass is 10.3. The van der Waals surface area contributed by atoms with Crippen LogP contribution in [-0.4, -0.2) is 33.3 Å². The Morgan fingerprint density at radius 2 is 2.20 bits per heavy atom. The molecule has 0 saturated carbocycles. The fraction of sp³-hybridized carbons (Fsp3) is 0.417. The number of nitrogens with zero attached hydrogens (tertiary/aromatic N) is 4. The normalized spacial score (nSPS) is 10.8. The summed E-state index contributed by atoms with van der Waals surface area (Å²) in [5.41, 5.74) is 2.10. The molecular formula is C12H16BrN5O2. The third-order valence-electron chi connectivity index (χ3n) is 2.77. The van der Waals surface area contributed by atoms with Gasteiger partial charge in [-0.05, 0) is 22.9 Å². The lowest BCUT2D eigenvalue weighted by Crippen LogP contribution is -2.25. The first-order valence-electron chi connectivity index (χ1n) is 6.04. The molecule has 1 N–H and O–H groups in total. The summed E-state index contributed by atoms with van der Waals surface area (Å²) >= 11 is 3.31. The Morgan fingerprint density at radius 1 is 1.45 bits per heavy atom. The predicted molar refractivity (Wildman–Crippen MR) is 79.3 cm³/mol. The summed E-state index contributed by atoms with van der Waals surface area (Å²) in [6.45, 7) is 2.75. The highest BCUT2D eigenvalue weighted by atomic mass is 79.9. The Bertz CT molecular complexity index is 664. The molecule has 0 aliphatic carbocycles. The molecule has 0 unspecified atom stereocenters. The summed E-state index contributed by atoms with van der Waals surface area (Å²) < 4.78 is 8.44. The summed E-state index contributed by atoms with van der Waals surface area (Å²) in [7, 11) is 3.43. The molecule has 0 radical (unpaired) electrons. The topological polar surface area (TPSA) is 74.0 Å². The van der Waals surface area contributed by atoms with Crippen LogP contribution in [0.4, 0.5) is 11.4 Å². The van der Waals surface area contributed by atoms with Gasteiger partial charge in [-0.15, -0.1) is 0 Å². The number of rotatable bonds is 5. The molecule has 0 saturated heterocycles. The molecular weight excluding hydrogens is 326 g/mol. The minimum atomic E-state index is -0.200. The molecule has 0 aromatic carbocycles. The van der Waals surface area contributed by atoms with Gasteiger partial charge in [-0.25, -0.2) is 4.68 Å². The van der Waals surface area contributed by atoms with Crippen LogP contribution in [0.2, 0.25) is 0 Å². The van der Waals surface area contributed by atoms with Gasteiger partial charge in [-0.1, -0.05) is 0 Å². The highest BCUT2D eigenvalue weighted by Gasteiger charge is 2.11. The van der Waals surface area contributed by atoms with Crippen LogP contribution in [0.3, 0.4) is 0 Å². The van der Waals surface area contributed by atoms with Crippen LogP contribution in [0, 0.1) is 6.92 Å². The van der Waals surface area contributed by atoms with E-state index in [0.29, 0.717) is 23.3 Å². The average molecular weight is 342 g/mol. The number of nitrogens with one attached hydrogen (secondary N) is 1. The van der Waals surface area contributed by atoms with Crippen LogP contribution < -0.4 is 10.9 Å². The lowest BCUT2D eigenvalue weighted by Gasteiger charge is -2.09. The van der Waals surface area contributed by atoms with Gasteiger partial charge in [0.25, 0.3) is 5.56 Å². The van der Waals surface area contributed by atoms with Gasteiger partial charge in [-0.3, -0.25) is 9.48 Å². The molecule has 2 aromatic heterocycles. The van der Waals surface area contributed by atoms with Gasteiger partial charge < -0.3 is 10.1 Å². The summed E-state index contributed by atoms with van der Waals surface area (Å²) in [6, 6.07) is 0. The maximum Gasteiger partial charge on any atom is 0.283 e. The largest absolute Gasteiger partial charge is 0.383 e. The molecule has 0 aliphatic heterocycles. The van der Waals surface area contributed by atoms with Gasteiger partial charge in [-0.2, -0.15) is 10.2 Å². The van der Waals surface area contributed by atoms with Gasteiger partial charge in [0.2, 0.25) is 0 Å². The molecule has 0 aliphatic rings. The summed E-state index contributed by atoms with van der Waals surface area (Å²) in [6.07, 6.45) is 3.45. The number of hydrogen-bond donors (Lipinski definition) is 1. The molecule has 2 heterocycles. The number of methoxy groups -OCH3 is 1. The van der Waals surface area contributed by atoms with Crippen molar-refractivity contribution in [1.29, 1.82) is 0 Å². The first kappa shape index (κ1) is 14.7. The smallest absolute Gasteiger partial charge is 0.283 e. The van der Waals surface area contributed by atoms with Crippen molar-refractivity contribution in [1.82, 2.24) is 19.6 Å². The first-order valence-corrected chi connectivity index (χ1v) is 6.84. The standard InChI is InChI=1S/C12H16BrN5O2/c1-8-10(7-17(2)16-8)15-9-6-14-18(4-5-20-3)12(19)11(9)13/h6-7,15H,4-5H2,1-3H3. The molecule has 0 atom stereocenters. The van der Waals surface area contributed by atoms with Crippen LogP contribution in [0.25, 0.3) is 0 Å². The SMILES string of the molecule is COCCn1ncc(Nc2cn(C)nc2C)c(Br)c1=O.